The molecule has 0 radical (unpaired) electrons. The highest BCUT2D eigenvalue weighted by Crippen LogP contribution is 2.16. The van der Waals surface area contributed by atoms with Crippen molar-refractivity contribution in [2.45, 2.75) is 25.3 Å². The molecule has 0 aliphatic carbocycles. The number of carboxylic acid groups (broad SMARTS) is 1. The zero-order chi connectivity index (χ0) is 15.9. The monoisotopic (exact) mass is 296 g/mol. The lowest BCUT2D eigenvalue weighted by atomic mass is 10.0. The summed E-state index contributed by atoms with van der Waals surface area (Å²) in [6.45, 7) is 0. The Morgan fingerprint density at radius 2 is 1.91 bits per heavy atom. The first-order chi connectivity index (χ1) is 10.6. The maximum atomic E-state index is 12.0. The van der Waals surface area contributed by atoms with Crippen LogP contribution in [0.5, 0.6) is 0 Å². The van der Waals surface area contributed by atoms with Crippen molar-refractivity contribution >= 4 is 22.6 Å². The molecule has 0 fully saturated rings. The van der Waals surface area contributed by atoms with Gasteiger partial charge in [0.05, 0.1) is 12.5 Å². The van der Waals surface area contributed by atoms with Crippen LogP contribution < -0.4 is 5.32 Å². The molecule has 0 aromatic heterocycles. The topological polar surface area (TPSA) is 90.2 Å². The first-order valence-corrected chi connectivity index (χ1v) is 6.97. The summed E-state index contributed by atoms with van der Waals surface area (Å²) in [6, 6.07) is 14.4. The van der Waals surface area contributed by atoms with Gasteiger partial charge >= 0.3 is 5.97 Å². The van der Waals surface area contributed by atoms with E-state index in [1.54, 1.807) is 0 Å². The number of hydrogen-bond acceptors (Lipinski definition) is 3. The van der Waals surface area contributed by atoms with E-state index in [0.29, 0.717) is 0 Å². The van der Waals surface area contributed by atoms with E-state index >= 15 is 0 Å². The van der Waals surface area contributed by atoms with E-state index in [9.17, 15) is 9.59 Å². The molecule has 5 heteroatoms. The van der Waals surface area contributed by atoms with E-state index in [-0.39, 0.29) is 25.2 Å². The molecule has 22 heavy (non-hydrogen) atoms. The number of benzene rings is 2. The third kappa shape index (κ3) is 4.06. The number of rotatable bonds is 6. The molecule has 0 heterocycles. The number of hydrogen-bond donors (Lipinski definition) is 2. The number of carbonyl (C=O) groups excluding carboxylic acids is 1. The number of fused-ring (bicyclic) bond motifs is 1. The number of nitrogens with one attached hydrogen (secondary N) is 1. The zero-order valence-corrected chi connectivity index (χ0v) is 12.0. The lowest BCUT2D eigenvalue weighted by molar-refractivity contribution is -0.141. The van der Waals surface area contributed by atoms with Crippen LogP contribution in [0.25, 0.3) is 10.8 Å². The molecule has 2 N–H and O–H groups in total. The first-order valence-electron chi connectivity index (χ1n) is 6.97. The van der Waals surface area contributed by atoms with Gasteiger partial charge in [0.25, 0.3) is 0 Å². The smallest absolute Gasteiger partial charge is 0.326 e. The average Bonchev–Trinajstić information content (AvgIpc) is 2.51. The molecular weight excluding hydrogens is 280 g/mol. The summed E-state index contributed by atoms with van der Waals surface area (Å²) in [6.07, 6.45) is 0.309. The molecule has 0 aliphatic rings. The summed E-state index contributed by atoms with van der Waals surface area (Å²) in [4.78, 5) is 23.0. The Hall–Kier alpha value is -2.87. The number of carboxylic acids is 1. The van der Waals surface area contributed by atoms with Crippen LogP contribution in [0, 0.1) is 11.3 Å². The lowest BCUT2D eigenvalue weighted by Crippen LogP contribution is -2.41. The minimum atomic E-state index is -1.12. The van der Waals surface area contributed by atoms with E-state index < -0.39 is 12.0 Å². The highest BCUT2D eigenvalue weighted by Gasteiger charge is 2.19. The van der Waals surface area contributed by atoms with E-state index in [1.807, 2.05) is 48.5 Å². The molecule has 5 nitrogen and oxygen atoms in total. The fourth-order valence-electron chi connectivity index (χ4n) is 2.25. The summed E-state index contributed by atoms with van der Waals surface area (Å²) in [5, 5.41) is 22.1. The molecule has 0 spiro atoms. The summed E-state index contributed by atoms with van der Waals surface area (Å²) in [5.74, 6) is -1.48. The van der Waals surface area contributed by atoms with Crippen LogP contribution in [0.1, 0.15) is 18.4 Å². The van der Waals surface area contributed by atoms with Gasteiger partial charge in [0.2, 0.25) is 5.91 Å². The SMILES string of the molecule is N#CCC[C@@H](NC(=O)Cc1ccc2ccccc2c1)C(=O)O. The molecule has 0 saturated carbocycles. The normalized spacial score (nSPS) is 11.6. The molecule has 1 atom stereocenters. The van der Waals surface area contributed by atoms with Crippen molar-refractivity contribution in [3.63, 3.8) is 0 Å². The van der Waals surface area contributed by atoms with Gasteiger partial charge in [-0.25, -0.2) is 4.79 Å². The minimum Gasteiger partial charge on any atom is -0.480 e. The molecule has 0 saturated heterocycles. The van der Waals surface area contributed by atoms with Gasteiger partial charge in [0, 0.05) is 6.42 Å². The van der Waals surface area contributed by atoms with Gasteiger partial charge < -0.3 is 10.4 Å². The largest absolute Gasteiger partial charge is 0.480 e. The van der Waals surface area contributed by atoms with Gasteiger partial charge in [-0.05, 0) is 22.8 Å². The van der Waals surface area contributed by atoms with Crippen molar-refractivity contribution < 1.29 is 14.7 Å². The Labute approximate surface area is 128 Å². The van der Waals surface area contributed by atoms with E-state index in [4.69, 9.17) is 10.4 Å². The lowest BCUT2D eigenvalue weighted by Gasteiger charge is -2.13. The van der Waals surface area contributed by atoms with Gasteiger partial charge in [0.1, 0.15) is 6.04 Å². The maximum Gasteiger partial charge on any atom is 0.326 e. The highest BCUT2D eigenvalue weighted by atomic mass is 16.4. The highest BCUT2D eigenvalue weighted by molar-refractivity contribution is 5.87. The standard InChI is InChI=1S/C17H16N2O3/c18-9-3-6-15(17(21)22)19-16(20)11-12-7-8-13-4-1-2-5-14(13)10-12/h1-2,4-5,7-8,10,15H,3,6,11H2,(H,19,20)(H,21,22)/t15-/m1/s1. The molecule has 112 valence electrons. The Morgan fingerprint density at radius 3 is 2.59 bits per heavy atom. The van der Waals surface area contributed by atoms with Gasteiger partial charge in [-0.3, -0.25) is 4.79 Å². The summed E-state index contributed by atoms with van der Waals surface area (Å²) in [5.41, 5.74) is 0.820. The van der Waals surface area contributed by atoms with Crippen LogP contribution in [0.4, 0.5) is 0 Å². The molecular formula is C17H16N2O3. The van der Waals surface area contributed by atoms with Crippen LogP contribution >= 0.6 is 0 Å². The van der Waals surface area contributed by atoms with Crippen molar-refractivity contribution in [2.75, 3.05) is 0 Å². The molecule has 2 aromatic rings. The predicted molar refractivity (Wildman–Crippen MR) is 82.1 cm³/mol. The second-order valence-electron chi connectivity index (χ2n) is 5.01. The zero-order valence-electron chi connectivity index (χ0n) is 12.0. The predicted octanol–water partition coefficient (Wildman–Crippen LogP) is 2.26. The molecule has 1 amide bonds. The molecule has 2 aromatic carbocycles. The van der Waals surface area contributed by atoms with Crippen molar-refractivity contribution in [3.8, 4) is 6.07 Å². The maximum absolute atomic E-state index is 12.0. The molecule has 0 bridgehead atoms. The van der Waals surface area contributed by atoms with Crippen LogP contribution in [-0.4, -0.2) is 23.0 Å². The second-order valence-corrected chi connectivity index (χ2v) is 5.01. The molecule has 2 rings (SSSR count). The summed E-state index contributed by atoms with van der Waals surface area (Å²) < 4.78 is 0. The van der Waals surface area contributed by atoms with E-state index in [0.717, 1.165) is 16.3 Å². The van der Waals surface area contributed by atoms with Crippen LogP contribution in [0.15, 0.2) is 42.5 Å². The van der Waals surface area contributed by atoms with E-state index in [1.165, 1.54) is 0 Å². The van der Waals surface area contributed by atoms with Gasteiger partial charge in [-0.1, -0.05) is 42.5 Å². The number of nitrogens with zero attached hydrogens (tertiary/aromatic N) is 1. The number of amides is 1. The fraction of sp³-hybridized carbons (Fsp3) is 0.235. The number of aliphatic carboxylic acids is 1. The van der Waals surface area contributed by atoms with Crippen molar-refractivity contribution in [3.05, 3.63) is 48.0 Å². The Bertz CT molecular complexity index is 734. The second kappa shape index (κ2) is 7.23. The number of carbonyl (C=O) groups is 2. The molecule has 0 unspecified atom stereocenters. The van der Waals surface area contributed by atoms with Crippen molar-refractivity contribution in [1.82, 2.24) is 5.32 Å². The van der Waals surface area contributed by atoms with Crippen molar-refractivity contribution in [2.24, 2.45) is 0 Å². The Kier molecular flexibility index (Phi) is 5.10. The fourth-order valence-corrected chi connectivity index (χ4v) is 2.25. The van der Waals surface area contributed by atoms with Crippen LogP contribution in [0.3, 0.4) is 0 Å². The Balaban J connectivity index is 2.03. The summed E-state index contributed by atoms with van der Waals surface area (Å²) >= 11 is 0. The van der Waals surface area contributed by atoms with Crippen molar-refractivity contribution in [1.29, 1.82) is 5.26 Å². The van der Waals surface area contributed by atoms with Gasteiger partial charge in [-0.2, -0.15) is 5.26 Å². The minimum absolute atomic E-state index is 0.0905. The first kappa shape index (κ1) is 15.5. The van der Waals surface area contributed by atoms with Crippen LogP contribution in [-0.2, 0) is 16.0 Å². The third-order valence-electron chi connectivity index (χ3n) is 3.36. The quantitative estimate of drug-likeness (QED) is 0.855. The van der Waals surface area contributed by atoms with Crippen LogP contribution in [0.2, 0.25) is 0 Å². The Morgan fingerprint density at radius 1 is 1.18 bits per heavy atom. The molecule has 0 aliphatic heterocycles. The summed E-state index contributed by atoms with van der Waals surface area (Å²) in [7, 11) is 0. The third-order valence-corrected chi connectivity index (χ3v) is 3.36. The van der Waals surface area contributed by atoms with Gasteiger partial charge in [0.15, 0.2) is 0 Å². The van der Waals surface area contributed by atoms with Gasteiger partial charge in [-0.15, -0.1) is 0 Å². The van der Waals surface area contributed by atoms with E-state index in [2.05, 4.69) is 5.32 Å². The average molecular weight is 296 g/mol. The number of nitriles is 1.